The van der Waals surface area contributed by atoms with Gasteiger partial charge in [-0.15, -0.1) is 0 Å². The molecule has 2 saturated carbocycles. The Morgan fingerprint density at radius 2 is 1.72 bits per heavy atom. The number of aryl methyl sites for hydroxylation is 1. The minimum Gasteiger partial charge on any atom is -0.508 e. The maximum Gasteiger partial charge on any atom is 0.122 e. The third-order valence-electron chi connectivity index (χ3n) is 7.60. The summed E-state index contributed by atoms with van der Waals surface area (Å²) in [5.74, 6) is 0.942. The fourth-order valence-corrected chi connectivity index (χ4v) is 6.33. The number of aliphatic hydroxyl groups is 1. The number of fused-ring (bicyclic) bond motifs is 1. The topological polar surface area (TPSA) is 60.7 Å². The Morgan fingerprint density at radius 1 is 1.04 bits per heavy atom. The lowest BCUT2D eigenvalue weighted by atomic mass is 9.45. The Morgan fingerprint density at radius 3 is 2.36 bits per heavy atom. The molecule has 2 aliphatic rings. The Balaban J connectivity index is 2.03. The van der Waals surface area contributed by atoms with Gasteiger partial charge in [-0.1, -0.05) is 27.2 Å². The first kappa shape index (κ1) is 18.6. The highest BCUT2D eigenvalue weighted by atomic mass is 16.3. The summed E-state index contributed by atoms with van der Waals surface area (Å²) in [6.07, 6.45) is 6.15. The molecule has 0 bridgehead atoms. The van der Waals surface area contributed by atoms with Crippen molar-refractivity contribution in [2.24, 2.45) is 22.7 Å². The van der Waals surface area contributed by atoms with Crippen molar-refractivity contribution in [3.05, 3.63) is 23.3 Å². The van der Waals surface area contributed by atoms with E-state index in [0.29, 0.717) is 17.8 Å². The summed E-state index contributed by atoms with van der Waals surface area (Å²) in [4.78, 5) is 0. The molecule has 3 rings (SSSR count). The van der Waals surface area contributed by atoms with Crippen LogP contribution in [0.2, 0.25) is 0 Å². The van der Waals surface area contributed by atoms with Crippen molar-refractivity contribution in [2.75, 3.05) is 0 Å². The molecule has 3 heteroatoms. The normalized spacial score (nSPS) is 37.5. The van der Waals surface area contributed by atoms with E-state index in [0.717, 1.165) is 30.4 Å². The zero-order valence-corrected chi connectivity index (χ0v) is 16.4. The molecule has 0 heterocycles. The summed E-state index contributed by atoms with van der Waals surface area (Å²) in [6, 6.07) is 3.13. The second-order valence-corrected chi connectivity index (χ2v) is 9.81. The Hall–Kier alpha value is -1.22. The van der Waals surface area contributed by atoms with Gasteiger partial charge in [0.2, 0.25) is 0 Å². The van der Waals surface area contributed by atoms with Crippen LogP contribution in [0, 0.1) is 29.6 Å². The van der Waals surface area contributed by atoms with E-state index in [2.05, 4.69) is 20.8 Å². The van der Waals surface area contributed by atoms with Crippen molar-refractivity contribution in [3.63, 3.8) is 0 Å². The largest absolute Gasteiger partial charge is 0.508 e. The third-order valence-corrected chi connectivity index (χ3v) is 7.60. The highest BCUT2D eigenvalue weighted by Crippen LogP contribution is 2.62. The fraction of sp³-hybridized carbons (Fsp3) is 0.727. The van der Waals surface area contributed by atoms with Crippen molar-refractivity contribution in [2.45, 2.75) is 78.7 Å². The predicted molar refractivity (Wildman–Crippen MR) is 101 cm³/mol. The number of hydrogen-bond donors (Lipinski definition) is 3. The fourth-order valence-electron chi connectivity index (χ4n) is 6.33. The van der Waals surface area contributed by atoms with Gasteiger partial charge >= 0.3 is 0 Å². The SMILES string of the molecule is Cc1cc(O)cc(O)c1C[C@@H]1[C@@]2(C)CCCC(C)(C)[C@@H]2CC[C@@]1(C)O. The van der Waals surface area contributed by atoms with Gasteiger partial charge in [0.05, 0.1) is 5.60 Å². The van der Waals surface area contributed by atoms with Crippen LogP contribution in [0.4, 0.5) is 0 Å². The number of phenols is 2. The molecule has 1 aromatic carbocycles. The second kappa shape index (κ2) is 5.90. The van der Waals surface area contributed by atoms with Gasteiger partial charge in [-0.2, -0.15) is 0 Å². The molecule has 0 unspecified atom stereocenters. The molecule has 3 N–H and O–H groups in total. The van der Waals surface area contributed by atoms with E-state index in [-0.39, 0.29) is 22.8 Å². The van der Waals surface area contributed by atoms with Crippen molar-refractivity contribution < 1.29 is 15.3 Å². The van der Waals surface area contributed by atoms with E-state index in [1.165, 1.54) is 18.9 Å². The summed E-state index contributed by atoms with van der Waals surface area (Å²) in [7, 11) is 0. The summed E-state index contributed by atoms with van der Waals surface area (Å²) in [5.41, 5.74) is 1.41. The van der Waals surface area contributed by atoms with Gasteiger partial charge in [0, 0.05) is 6.07 Å². The van der Waals surface area contributed by atoms with Gasteiger partial charge < -0.3 is 15.3 Å². The van der Waals surface area contributed by atoms with E-state index < -0.39 is 5.60 Å². The molecule has 3 nitrogen and oxygen atoms in total. The number of rotatable bonds is 2. The Kier molecular flexibility index (Phi) is 4.39. The molecular formula is C22H34O3. The molecule has 140 valence electrons. The standard InChI is InChI=1S/C22H34O3/c1-14-11-15(23)12-17(24)16(14)13-19-21(4)9-6-8-20(2,3)18(21)7-10-22(19,5)25/h11-12,18-19,23-25H,6-10,13H2,1-5H3/t18-,19+,21-,22+/m0/s1. The van der Waals surface area contributed by atoms with E-state index in [1.807, 2.05) is 13.8 Å². The van der Waals surface area contributed by atoms with Crippen LogP contribution >= 0.6 is 0 Å². The maximum atomic E-state index is 11.3. The first-order chi connectivity index (χ1) is 11.5. The summed E-state index contributed by atoms with van der Waals surface area (Å²) in [5, 5.41) is 31.4. The summed E-state index contributed by atoms with van der Waals surface area (Å²) < 4.78 is 0. The molecular weight excluding hydrogens is 312 g/mol. The van der Waals surface area contributed by atoms with E-state index in [1.54, 1.807) is 6.07 Å². The van der Waals surface area contributed by atoms with Crippen LogP contribution in [0.15, 0.2) is 12.1 Å². The van der Waals surface area contributed by atoms with Crippen molar-refractivity contribution in [1.29, 1.82) is 0 Å². The quantitative estimate of drug-likeness (QED) is 0.710. The van der Waals surface area contributed by atoms with Gasteiger partial charge in [0.25, 0.3) is 0 Å². The van der Waals surface area contributed by atoms with Crippen LogP contribution in [-0.2, 0) is 6.42 Å². The minimum absolute atomic E-state index is 0.0697. The van der Waals surface area contributed by atoms with E-state index >= 15 is 0 Å². The molecule has 0 aromatic heterocycles. The first-order valence-corrected chi connectivity index (χ1v) is 9.71. The van der Waals surface area contributed by atoms with Crippen LogP contribution in [-0.4, -0.2) is 20.9 Å². The Bertz CT molecular complexity index is 638. The van der Waals surface area contributed by atoms with Gasteiger partial charge in [-0.25, -0.2) is 0 Å². The first-order valence-electron chi connectivity index (χ1n) is 9.71. The molecule has 0 saturated heterocycles. The molecule has 0 radical (unpaired) electrons. The zero-order chi connectivity index (χ0) is 18.6. The summed E-state index contributed by atoms with van der Waals surface area (Å²) >= 11 is 0. The lowest BCUT2D eigenvalue weighted by Crippen LogP contribution is -2.58. The third kappa shape index (κ3) is 3.05. The van der Waals surface area contributed by atoms with Gasteiger partial charge in [0.1, 0.15) is 11.5 Å². The molecule has 1 aromatic rings. The highest BCUT2D eigenvalue weighted by molar-refractivity contribution is 5.45. The highest BCUT2D eigenvalue weighted by Gasteiger charge is 2.57. The van der Waals surface area contributed by atoms with Gasteiger partial charge in [-0.05, 0) is 85.8 Å². The average molecular weight is 347 g/mol. The molecule has 0 amide bonds. The maximum absolute atomic E-state index is 11.3. The predicted octanol–water partition coefficient (Wildman–Crippen LogP) is 4.94. The van der Waals surface area contributed by atoms with Crippen LogP contribution in [0.25, 0.3) is 0 Å². The summed E-state index contributed by atoms with van der Waals surface area (Å²) in [6.45, 7) is 11.0. The zero-order valence-electron chi connectivity index (χ0n) is 16.4. The number of phenolic OH excluding ortho intramolecular Hbond substituents is 2. The van der Waals surface area contributed by atoms with Crippen molar-refractivity contribution in [3.8, 4) is 11.5 Å². The molecule has 0 aliphatic heterocycles. The van der Waals surface area contributed by atoms with E-state index in [4.69, 9.17) is 0 Å². The second-order valence-electron chi connectivity index (χ2n) is 9.81. The Labute approximate surface area is 152 Å². The van der Waals surface area contributed by atoms with Crippen molar-refractivity contribution >= 4 is 0 Å². The minimum atomic E-state index is -0.727. The van der Waals surface area contributed by atoms with Gasteiger partial charge in [0.15, 0.2) is 0 Å². The van der Waals surface area contributed by atoms with E-state index in [9.17, 15) is 15.3 Å². The monoisotopic (exact) mass is 346 g/mol. The lowest BCUT2D eigenvalue weighted by Gasteiger charge is -2.61. The van der Waals surface area contributed by atoms with Crippen LogP contribution in [0.1, 0.15) is 70.9 Å². The molecule has 0 spiro atoms. The smallest absolute Gasteiger partial charge is 0.122 e. The molecule has 25 heavy (non-hydrogen) atoms. The molecule has 2 fully saturated rings. The van der Waals surface area contributed by atoms with Crippen LogP contribution in [0.3, 0.4) is 0 Å². The van der Waals surface area contributed by atoms with Gasteiger partial charge in [-0.3, -0.25) is 0 Å². The van der Waals surface area contributed by atoms with Crippen molar-refractivity contribution in [1.82, 2.24) is 0 Å². The van der Waals surface area contributed by atoms with Crippen LogP contribution in [0.5, 0.6) is 11.5 Å². The average Bonchev–Trinajstić information content (AvgIpc) is 2.43. The number of hydrogen-bond acceptors (Lipinski definition) is 3. The number of benzene rings is 1. The molecule has 2 aliphatic carbocycles. The van der Waals surface area contributed by atoms with Crippen LogP contribution < -0.4 is 0 Å². The number of aromatic hydroxyl groups is 2. The lowest BCUT2D eigenvalue weighted by molar-refractivity contribution is -0.166. The molecule has 4 atom stereocenters.